The highest BCUT2D eigenvalue weighted by molar-refractivity contribution is 5.95. The maximum absolute atomic E-state index is 12.0. The normalized spacial score (nSPS) is 12.3. The molecule has 1 aromatic carbocycles. The predicted molar refractivity (Wildman–Crippen MR) is 76.7 cm³/mol. The van der Waals surface area contributed by atoms with Gasteiger partial charge in [0, 0.05) is 24.8 Å². The second kappa shape index (κ2) is 7.45. The molecule has 20 heavy (non-hydrogen) atoms. The van der Waals surface area contributed by atoms with Crippen LogP contribution in [0.2, 0.25) is 0 Å². The van der Waals surface area contributed by atoms with Gasteiger partial charge in [-0.2, -0.15) is 0 Å². The van der Waals surface area contributed by atoms with Gasteiger partial charge in [0.05, 0.1) is 6.61 Å². The van der Waals surface area contributed by atoms with E-state index < -0.39 is 5.97 Å². The summed E-state index contributed by atoms with van der Waals surface area (Å²) in [6, 6.07) is 5.08. The molecule has 0 aliphatic rings. The maximum atomic E-state index is 12.0. The summed E-state index contributed by atoms with van der Waals surface area (Å²) < 4.78 is 4.96. The Morgan fingerprint density at radius 3 is 2.75 bits per heavy atom. The summed E-state index contributed by atoms with van der Waals surface area (Å²) >= 11 is 0. The minimum absolute atomic E-state index is 0.0909. The number of nitrogens with one attached hydrogen (secondary N) is 1. The van der Waals surface area contributed by atoms with Gasteiger partial charge in [-0.15, -0.1) is 0 Å². The minimum atomic E-state index is -1.02. The van der Waals surface area contributed by atoms with Crippen molar-refractivity contribution >= 4 is 18.0 Å². The molecule has 1 atom stereocenters. The largest absolute Gasteiger partial charge is 0.478 e. The number of ether oxygens (including phenoxy) is 1. The highest BCUT2D eigenvalue weighted by Crippen LogP contribution is 2.13. The lowest BCUT2D eigenvalue weighted by molar-refractivity contribution is -0.131. The first-order valence-electron chi connectivity index (χ1n) is 6.25. The van der Waals surface area contributed by atoms with Crippen LogP contribution in [-0.2, 0) is 9.53 Å². The standard InChI is InChI=1S/C15H19NO4/c1-10-4-5-13(8-12(10)6-7-14(17)18)15(19)16-11(2)9-20-3/h4-8,11H,9H2,1-3H3,(H,16,19)(H,17,18)/b7-6+. The number of aliphatic carboxylic acids is 1. The molecule has 0 saturated heterocycles. The molecule has 0 aliphatic heterocycles. The Bertz CT molecular complexity index is 523. The van der Waals surface area contributed by atoms with E-state index in [1.54, 1.807) is 25.3 Å². The van der Waals surface area contributed by atoms with E-state index in [9.17, 15) is 9.59 Å². The van der Waals surface area contributed by atoms with E-state index in [0.29, 0.717) is 17.7 Å². The van der Waals surface area contributed by atoms with Crippen LogP contribution in [0.4, 0.5) is 0 Å². The second-order valence-corrected chi connectivity index (χ2v) is 4.57. The lowest BCUT2D eigenvalue weighted by Crippen LogP contribution is -2.35. The van der Waals surface area contributed by atoms with Crippen molar-refractivity contribution in [2.24, 2.45) is 0 Å². The van der Waals surface area contributed by atoms with E-state index in [2.05, 4.69) is 5.32 Å². The molecule has 1 unspecified atom stereocenters. The van der Waals surface area contributed by atoms with Gasteiger partial charge in [0.1, 0.15) is 0 Å². The molecule has 5 nitrogen and oxygen atoms in total. The van der Waals surface area contributed by atoms with Gasteiger partial charge in [0.25, 0.3) is 5.91 Å². The number of benzene rings is 1. The highest BCUT2D eigenvalue weighted by atomic mass is 16.5. The molecule has 0 bridgehead atoms. The molecule has 108 valence electrons. The Balaban J connectivity index is 2.88. The van der Waals surface area contributed by atoms with Gasteiger partial charge in [-0.05, 0) is 43.2 Å². The summed E-state index contributed by atoms with van der Waals surface area (Å²) in [7, 11) is 1.57. The number of methoxy groups -OCH3 is 1. The molecule has 1 aromatic rings. The van der Waals surface area contributed by atoms with Gasteiger partial charge in [-0.25, -0.2) is 4.79 Å². The number of hydrogen-bond donors (Lipinski definition) is 2. The third kappa shape index (κ3) is 4.85. The van der Waals surface area contributed by atoms with E-state index in [1.807, 2.05) is 13.8 Å². The van der Waals surface area contributed by atoms with Crippen LogP contribution in [0.5, 0.6) is 0 Å². The van der Waals surface area contributed by atoms with Crippen LogP contribution in [-0.4, -0.2) is 36.7 Å². The molecular formula is C15H19NO4. The molecular weight excluding hydrogens is 258 g/mol. The monoisotopic (exact) mass is 277 g/mol. The lowest BCUT2D eigenvalue weighted by Gasteiger charge is -2.13. The van der Waals surface area contributed by atoms with Crippen LogP contribution in [0.15, 0.2) is 24.3 Å². The average Bonchev–Trinajstić information content (AvgIpc) is 2.37. The van der Waals surface area contributed by atoms with Gasteiger partial charge in [-0.1, -0.05) is 6.07 Å². The summed E-state index contributed by atoms with van der Waals surface area (Å²) in [4.78, 5) is 22.6. The Hall–Kier alpha value is -2.14. The molecule has 0 aromatic heterocycles. The second-order valence-electron chi connectivity index (χ2n) is 4.57. The number of hydrogen-bond acceptors (Lipinski definition) is 3. The van der Waals surface area contributed by atoms with E-state index >= 15 is 0 Å². The van der Waals surface area contributed by atoms with Gasteiger partial charge in [0.2, 0.25) is 0 Å². The Morgan fingerprint density at radius 1 is 1.45 bits per heavy atom. The summed E-state index contributed by atoms with van der Waals surface area (Å²) in [5, 5.41) is 11.4. The Morgan fingerprint density at radius 2 is 2.15 bits per heavy atom. The SMILES string of the molecule is COCC(C)NC(=O)c1ccc(C)c(/C=C/C(=O)O)c1. The molecule has 0 saturated carbocycles. The third-order valence-electron chi connectivity index (χ3n) is 2.74. The molecule has 5 heteroatoms. The number of carbonyl (C=O) groups excluding carboxylic acids is 1. The molecule has 2 N–H and O–H groups in total. The van der Waals surface area contributed by atoms with Gasteiger partial charge >= 0.3 is 5.97 Å². The zero-order valence-electron chi connectivity index (χ0n) is 11.8. The van der Waals surface area contributed by atoms with Crippen molar-refractivity contribution in [3.05, 3.63) is 41.0 Å². The van der Waals surface area contributed by atoms with Crippen molar-refractivity contribution in [3.63, 3.8) is 0 Å². The number of carboxylic acids is 1. The molecule has 0 radical (unpaired) electrons. The quantitative estimate of drug-likeness (QED) is 0.778. The third-order valence-corrected chi connectivity index (χ3v) is 2.74. The molecule has 0 heterocycles. The highest BCUT2D eigenvalue weighted by Gasteiger charge is 2.10. The molecule has 0 fully saturated rings. The number of carboxylic acid groups (broad SMARTS) is 1. The smallest absolute Gasteiger partial charge is 0.328 e. The fourth-order valence-corrected chi connectivity index (χ4v) is 1.72. The number of aryl methyl sites for hydroxylation is 1. The van der Waals surface area contributed by atoms with Crippen molar-refractivity contribution < 1.29 is 19.4 Å². The van der Waals surface area contributed by atoms with E-state index in [4.69, 9.17) is 9.84 Å². The summed E-state index contributed by atoms with van der Waals surface area (Å²) in [6.45, 7) is 4.14. The minimum Gasteiger partial charge on any atom is -0.478 e. The fourth-order valence-electron chi connectivity index (χ4n) is 1.72. The molecule has 0 aliphatic carbocycles. The lowest BCUT2D eigenvalue weighted by atomic mass is 10.0. The van der Waals surface area contributed by atoms with Crippen LogP contribution < -0.4 is 5.32 Å². The summed E-state index contributed by atoms with van der Waals surface area (Å²) in [5.74, 6) is -1.23. The van der Waals surface area contributed by atoms with E-state index in [0.717, 1.165) is 11.6 Å². The summed E-state index contributed by atoms with van der Waals surface area (Å²) in [5.41, 5.74) is 2.10. The predicted octanol–water partition coefficient (Wildman–Crippen LogP) is 1.86. The van der Waals surface area contributed by atoms with Crippen LogP contribution in [0.1, 0.15) is 28.4 Å². The Labute approximate surface area is 118 Å². The zero-order chi connectivity index (χ0) is 15.1. The van der Waals surface area contributed by atoms with Crippen LogP contribution >= 0.6 is 0 Å². The van der Waals surface area contributed by atoms with E-state index in [1.165, 1.54) is 6.08 Å². The zero-order valence-corrected chi connectivity index (χ0v) is 11.8. The van der Waals surface area contributed by atoms with Crippen molar-refractivity contribution in [1.29, 1.82) is 0 Å². The number of carbonyl (C=O) groups is 2. The van der Waals surface area contributed by atoms with Gasteiger partial charge in [-0.3, -0.25) is 4.79 Å². The molecule has 1 rings (SSSR count). The van der Waals surface area contributed by atoms with Crippen molar-refractivity contribution in [2.75, 3.05) is 13.7 Å². The van der Waals surface area contributed by atoms with Crippen LogP contribution in [0.3, 0.4) is 0 Å². The first kappa shape index (κ1) is 15.9. The van der Waals surface area contributed by atoms with Gasteiger partial charge in [0.15, 0.2) is 0 Å². The van der Waals surface area contributed by atoms with Crippen molar-refractivity contribution in [3.8, 4) is 0 Å². The van der Waals surface area contributed by atoms with Crippen molar-refractivity contribution in [2.45, 2.75) is 19.9 Å². The molecule has 0 spiro atoms. The number of amides is 1. The summed E-state index contributed by atoms with van der Waals surface area (Å²) in [6.07, 6.45) is 2.53. The molecule has 1 amide bonds. The fraction of sp³-hybridized carbons (Fsp3) is 0.333. The Kier molecular flexibility index (Phi) is 5.93. The average molecular weight is 277 g/mol. The van der Waals surface area contributed by atoms with Crippen LogP contribution in [0.25, 0.3) is 6.08 Å². The first-order chi connectivity index (χ1) is 9.43. The number of rotatable bonds is 6. The topological polar surface area (TPSA) is 75.6 Å². The van der Waals surface area contributed by atoms with Gasteiger partial charge < -0.3 is 15.2 Å². The first-order valence-corrected chi connectivity index (χ1v) is 6.25. The van der Waals surface area contributed by atoms with E-state index in [-0.39, 0.29) is 11.9 Å². The van der Waals surface area contributed by atoms with Crippen molar-refractivity contribution in [1.82, 2.24) is 5.32 Å². The van der Waals surface area contributed by atoms with Crippen LogP contribution in [0, 0.1) is 6.92 Å². The maximum Gasteiger partial charge on any atom is 0.328 e.